The summed E-state index contributed by atoms with van der Waals surface area (Å²) in [5, 5.41) is 3.03. The van der Waals surface area contributed by atoms with E-state index in [1.807, 2.05) is 31.2 Å². The number of rotatable bonds is 2. The fraction of sp³-hybridized carbons (Fsp3) is 0.333. The van der Waals surface area contributed by atoms with E-state index in [4.69, 9.17) is 0 Å². The van der Waals surface area contributed by atoms with Crippen molar-refractivity contribution < 1.29 is 9.59 Å². The van der Waals surface area contributed by atoms with E-state index in [2.05, 4.69) is 43.8 Å². The lowest BCUT2D eigenvalue weighted by atomic mass is 10.0. The second kappa shape index (κ2) is 6.39. The van der Waals surface area contributed by atoms with Crippen LogP contribution >= 0.6 is 38.5 Å². The first-order valence-electron chi connectivity index (χ1n) is 6.35. The molecule has 1 saturated carbocycles. The number of carbonyl (C=O) groups excluding carboxylic acids is 2. The minimum absolute atomic E-state index is 0.0694. The van der Waals surface area contributed by atoms with Crippen LogP contribution in [0, 0.1) is 0 Å². The molecule has 1 aromatic carbocycles. The van der Waals surface area contributed by atoms with Crippen molar-refractivity contribution in [3.63, 3.8) is 0 Å². The van der Waals surface area contributed by atoms with Gasteiger partial charge in [0.15, 0.2) is 11.6 Å². The van der Waals surface area contributed by atoms with Crippen LogP contribution in [0.1, 0.15) is 26.2 Å². The molecule has 20 heavy (non-hydrogen) atoms. The summed E-state index contributed by atoms with van der Waals surface area (Å²) in [6.07, 6.45) is 3.13. The van der Waals surface area contributed by atoms with Gasteiger partial charge in [-0.1, -0.05) is 45.4 Å². The van der Waals surface area contributed by atoms with Gasteiger partial charge in [-0.15, -0.1) is 0 Å². The van der Waals surface area contributed by atoms with E-state index in [-0.39, 0.29) is 20.6 Å². The summed E-state index contributed by atoms with van der Waals surface area (Å²) in [6, 6.07) is 7.57. The highest BCUT2D eigenvalue weighted by atomic mass is 127. The Morgan fingerprint density at radius 3 is 2.55 bits per heavy atom. The average molecular weight is 448 g/mol. The van der Waals surface area contributed by atoms with Crippen molar-refractivity contribution in [2.24, 2.45) is 0 Å². The highest BCUT2D eigenvalue weighted by Gasteiger charge is 2.32. The molecule has 0 radical (unpaired) electrons. The van der Waals surface area contributed by atoms with Crippen molar-refractivity contribution in [1.29, 1.82) is 0 Å². The molecule has 0 aliphatic heterocycles. The van der Waals surface area contributed by atoms with Gasteiger partial charge in [-0.25, -0.2) is 0 Å². The second-order valence-corrected chi connectivity index (χ2v) is 8.67. The topological polar surface area (TPSA) is 46.2 Å². The van der Waals surface area contributed by atoms with Crippen LogP contribution in [0.4, 0.5) is 5.69 Å². The predicted molar refractivity (Wildman–Crippen MR) is 92.1 cm³/mol. The summed E-state index contributed by atoms with van der Waals surface area (Å²) in [5.74, 6) is -0.144. The number of anilines is 1. The number of allylic oxidation sites excluding steroid dienone is 1. The standard InChI is InChI=1S/C15H15BrINO2/c1-15(17)7-6-13(19)12(14(20)8-15)9-18-11-4-2-10(16)3-5-11/h2-5,9,18H,6-8H2,1H3/b12-9-/t15-/m0/s1. The van der Waals surface area contributed by atoms with E-state index in [0.717, 1.165) is 16.6 Å². The molecule has 1 N–H and O–H groups in total. The van der Waals surface area contributed by atoms with Crippen molar-refractivity contribution >= 4 is 55.8 Å². The number of hydrogen-bond acceptors (Lipinski definition) is 3. The monoisotopic (exact) mass is 447 g/mol. The van der Waals surface area contributed by atoms with Gasteiger partial charge >= 0.3 is 0 Å². The zero-order valence-corrected chi connectivity index (χ0v) is 14.8. The Kier molecular flexibility index (Phi) is 5.01. The molecule has 5 heteroatoms. The van der Waals surface area contributed by atoms with Gasteiger partial charge in [-0.3, -0.25) is 9.59 Å². The third-order valence-corrected chi connectivity index (χ3v) is 4.68. The van der Waals surface area contributed by atoms with E-state index in [0.29, 0.717) is 12.8 Å². The van der Waals surface area contributed by atoms with Crippen LogP contribution in [0.15, 0.2) is 40.5 Å². The highest BCUT2D eigenvalue weighted by molar-refractivity contribution is 14.1. The molecule has 0 amide bonds. The molecule has 0 unspecified atom stereocenters. The van der Waals surface area contributed by atoms with E-state index in [9.17, 15) is 9.59 Å². The molecule has 0 spiro atoms. The molecule has 1 aliphatic rings. The van der Waals surface area contributed by atoms with E-state index >= 15 is 0 Å². The highest BCUT2D eigenvalue weighted by Crippen LogP contribution is 2.33. The van der Waals surface area contributed by atoms with Gasteiger partial charge in [0.05, 0.1) is 5.57 Å². The molecule has 0 aromatic heterocycles. The number of halogens is 2. The Labute approximate surface area is 140 Å². The molecular weight excluding hydrogens is 433 g/mol. The maximum absolute atomic E-state index is 12.2. The lowest BCUT2D eigenvalue weighted by molar-refractivity contribution is -0.120. The fourth-order valence-electron chi connectivity index (χ4n) is 2.05. The van der Waals surface area contributed by atoms with E-state index < -0.39 is 0 Å². The van der Waals surface area contributed by atoms with Crippen molar-refractivity contribution in [1.82, 2.24) is 0 Å². The Morgan fingerprint density at radius 2 is 1.90 bits per heavy atom. The smallest absolute Gasteiger partial charge is 0.169 e. The Morgan fingerprint density at radius 1 is 1.25 bits per heavy atom. The number of benzene rings is 1. The molecule has 106 valence electrons. The van der Waals surface area contributed by atoms with Crippen LogP contribution in [0.25, 0.3) is 0 Å². The van der Waals surface area contributed by atoms with Gasteiger partial charge in [0.25, 0.3) is 0 Å². The third-order valence-electron chi connectivity index (χ3n) is 3.23. The van der Waals surface area contributed by atoms with Crippen LogP contribution in [-0.4, -0.2) is 15.0 Å². The summed E-state index contributed by atoms with van der Waals surface area (Å²) in [4.78, 5) is 24.2. The van der Waals surface area contributed by atoms with Crippen LogP contribution in [0.3, 0.4) is 0 Å². The molecular formula is C15H15BrINO2. The van der Waals surface area contributed by atoms with E-state index in [1.54, 1.807) is 6.20 Å². The van der Waals surface area contributed by atoms with Gasteiger partial charge in [-0.2, -0.15) is 0 Å². The lowest BCUT2D eigenvalue weighted by Crippen LogP contribution is -2.18. The SMILES string of the molecule is C[C@]1(I)CCC(=O)/C(=C/Nc2ccc(Br)cc2)C(=O)C1. The molecule has 0 saturated heterocycles. The fourth-order valence-corrected chi connectivity index (χ4v) is 2.93. The third kappa shape index (κ3) is 4.15. The summed E-state index contributed by atoms with van der Waals surface area (Å²) >= 11 is 5.63. The van der Waals surface area contributed by atoms with Gasteiger partial charge in [0.1, 0.15) is 0 Å². The molecule has 1 atom stereocenters. The van der Waals surface area contributed by atoms with Crippen molar-refractivity contribution in [3.8, 4) is 0 Å². The predicted octanol–water partition coefficient (Wildman–Crippen LogP) is 4.26. The van der Waals surface area contributed by atoms with Crippen LogP contribution in [0.2, 0.25) is 0 Å². The number of carbonyl (C=O) groups is 2. The summed E-state index contributed by atoms with van der Waals surface area (Å²) in [6.45, 7) is 2.02. The van der Waals surface area contributed by atoms with Gasteiger partial charge < -0.3 is 5.32 Å². The maximum atomic E-state index is 12.2. The first-order valence-corrected chi connectivity index (χ1v) is 8.22. The van der Waals surface area contributed by atoms with Gasteiger partial charge in [-0.05, 0) is 30.7 Å². The van der Waals surface area contributed by atoms with Gasteiger partial charge in [0, 0.05) is 32.6 Å². The zero-order chi connectivity index (χ0) is 14.8. The number of hydrogen-bond donors (Lipinski definition) is 1. The molecule has 2 rings (SSSR count). The quantitative estimate of drug-likeness (QED) is 0.242. The molecule has 1 aromatic rings. The van der Waals surface area contributed by atoms with Crippen molar-refractivity contribution in [3.05, 3.63) is 40.5 Å². The maximum Gasteiger partial charge on any atom is 0.169 e. The lowest BCUT2D eigenvalue weighted by Gasteiger charge is -2.17. The minimum Gasteiger partial charge on any atom is -0.361 e. The number of ketones is 2. The molecule has 1 fully saturated rings. The zero-order valence-electron chi connectivity index (χ0n) is 11.1. The summed E-state index contributed by atoms with van der Waals surface area (Å²) in [5.41, 5.74) is 1.14. The molecule has 0 bridgehead atoms. The normalized spacial score (nSPS) is 25.6. The summed E-state index contributed by atoms with van der Waals surface area (Å²) in [7, 11) is 0. The molecule has 0 heterocycles. The van der Waals surface area contributed by atoms with Crippen LogP contribution < -0.4 is 5.32 Å². The Bertz CT molecular complexity index is 564. The molecule has 3 nitrogen and oxygen atoms in total. The second-order valence-electron chi connectivity index (χ2n) is 5.15. The Balaban J connectivity index is 2.17. The molecule has 1 aliphatic carbocycles. The summed E-state index contributed by atoms with van der Waals surface area (Å²) < 4.78 is 0.857. The van der Waals surface area contributed by atoms with Gasteiger partial charge in [0.2, 0.25) is 0 Å². The van der Waals surface area contributed by atoms with Crippen molar-refractivity contribution in [2.45, 2.75) is 29.6 Å². The number of alkyl halides is 1. The first kappa shape index (κ1) is 15.7. The Hall–Kier alpha value is -0.690. The largest absolute Gasteiger partial charge is 0.361 e. The average Bonchev–Trinajstić information content (AvgIpc) is 2.47. The van der Waals surface area contributed by atoms with Crippen LogP contribution in [0.5, 0.6) is 0 Å². The van der Waals surface area contributed by atoms with Crippen LogP contribution in [-0.2, 0) is 9.59 Å². The minimum atomic E-state index is -0.127. The number of Topliss-reactive ketones (excluding diaryl/α,β-unsaturated/α-hetero) is 2. The number of nitrogens with one attached hydrogen (secondary N) is 1. The van der Waals surface area contributed by atoms with Crippen molar-refractivity contribution in [2.75, 3.05) is 5.32 Å². The first-order chi connectivity index (χ1) is 9.37. The van der Waals surface area contributed by atoms with E-state index in [1.165, 1.54) is 0 Å².